The first-order valence-corrected chi connectivity index (χ1v) is 10.8. The van der Waals surface area contributed by atoms with Gasteiger partial charge in [0.15, 0.2) is 0 Å². The summed E-state index contributed by atoms with van der Waals surface area (Å²) in [5.74, 6) is 0.495. The van der Waals surface area contributed by atoms with E-state index in [9.17, 15) is 22.0 Å². The second kappa shape index (κ2) is 7.60. The first-order chi connectivity index (χ1) is 13.3. The van der Waals surface area contributed by atoms with Crippen molar-refractivity contribution in [2.24, 2.45) is 29.6 Å². The molecule has 3 aliphatic rings. The predicted octanol–water partition coefficient (Wildman–Crippen LogP) is 7.33. The minimum atomic E-state index is -4.99. The lowest BCUT2D eigenvalue weighted by atomic mass is 9.61. The fourth-order valence-corrected chi connectivity index (χ4v) is 6.36. The highest BCUT2D eigenvalue weighted by molar-refractivity contribution is 5.38. The Morgan fingerprint density at radius 1 is 0.893 bits per heavy atom. The molecule has 0 saturated heterocycles. The van der Waals surface area contributed by atoms with E-state index < -0.39 is 23.4 Å². The van der Waals surface area contributed by atoms with E-state index in [1.165, 1.54) is 38.5 Å². The van der Waals surface area contributed by atoms with Crippen LogP contribution in [0.4, 0.5) is 22.0 Å². The molecule has 5 atom stereocenters. The maximum absolute atomic E-state index is 14.4. The Labute approximate surface area is 163 Å². The van der Waals surface area contributed by atoms with Crippen molar-refractivity contribution in [3.8, 4) is 0 Å². The lowest BCUT2D eigenvalue weighted by Gasteiger charge is -2.45. The van der Waals surface area contributed by atoms with Gasteiger partial charge in [0, 0.05) is 0 Å². The molecular formula is C23H29F5. The lowest BCUT2D eigenvalue weighted by molar-refractivity contribution is -0.142. The van der Waals surface area contributed by atoms with Crippen LogP contribution in [0.15, 0.2) is 6.07 Å². The second-order valence-corrected chi connectivity index (χ2v) is 9.37. The van der Waals surface area contributed by atoms with Crippen LogP contribution in [-0.4, -0.2) is 0 Å². The molecule has 28 heavy (non-hydrogen) atoms. The van der Waals surface area contributed by atoms with Crippen LogP contribution in [0.25, 0.3) is 0 Å². The van der Waals surface area contributed by atoms with Gasteiger partial charge >= 0.3 is 6.18 Å². The van der Waals surface area contributed by atoms with E-state index in [0.717, 1.165) is 30.2 Å². The molecule has 0 heterocycles. The van der Waals surface area contributed by atoms with Gasteiger partial charge in [-0.05, 0) is 98.1 Å². The molecule has 0 nitrogen and oxygen atoms in total. The Bertz CT molecular complexity index is 723. The van der Waals surface area contributed by atoms with Crippen molar-refractivity contribution in [3.05, 3.63) is 34.4 Å². The quantitative estimate of drug-likeness (QED) is 0.456. The van der Waals surface area contributed by atoms with Crippen LogP contribution in [0, 0.1) is 41.2 Å². The average molecular weight is 400 g/mol. The minimum absolute atomic E-state index is 0.0853. The number of halogens is 5. The second-order valence-electron chi connectivity index (χ2n) is 9.37. The van der Waals surface area contributed by atoms with Crippen molar-refractivity contribution in [2.45, 2.75) is 77.3 Å². The zero-order valence-corrected chi connectivity index (χ0v) is 16.4. The van der Waals surface area contributed by atoms with Gasteiger partial charge in [0.25, 0.3) is 0 Å². The highest BCUT2D eigenvalue weighted by Crippen LogP contribution is 2.49. The number of fused-ring (bicyclic) bond motifs is 2. The summed E-state index contributed by atoms with van der Waals surface area (Å²) in [5.41, 5.74) is -1.18. The summed E-state index contributed by atoms with van der Waals surface area (Å²) >= 11 is 0. The third-order valence-corrected chi connectivity index (χ3v) is 7.95. The van der Waals surface area contributed by atoms with Gasteiger partial charge in [0.1, 0.15) is 17.2 Å². The predicted molar refractivity (Wildman–Crippen MR) is 98.8 cm³/mol. The SMILES string of the molecule is CCC1CCC2CC(C3CCc4c(cc(F)c(C(F)(F)F)c4F)C3)CCC2C1. The number of hydrogen-bond donors (Lipinski definition) is 0. The Morgan fingerprint density at radius 2 is 1.54 bits per heavy atom. The van der Waals surface area contributed by atoms with Crippen LogP contribution < -0.4 is 0 Å². The fraction of sp³-hybridized carbons (Fsp3) is 0.739. The summed E-state index contributed by atoms with van der Waals surface area (Å²) in [4.78, 5) is 0. The molecule has 2 saturated carbocycles. The summed E-state index contributed by atoms with van der Waals surface area (Å²) in [6, 6.07) is 0.950. The molecule has 0 amide bonds. The third-order valence-electron chi connectivity index (χ3n) is 7.95. The Balaban J connectivity index is 1.48. The monoisotopic (exact) mass is 400 g/mol. The summed E-state index contributed by atoms with van der Waals surface area (Å²) in [6.45, 7) is 2.28. The highest BCUT2D eigenvalue weighted by Gasteiger charge is 2.42. The molecule has 0 radical (unpaired) electrons. The topological polar surface area (TPSA) is 0 Å². The standard InChI is InChI=1S/C23H29F5/c1-2-13-3-4-15-10-16(6-5-14(15)9-13)17-7-8-19-18(11-17)12-20(24)21(22(19)25)23(26,27)28/h12-17H,2-11H2,1H3. The molecule has 5 unspecified atom stereocenters. The van der Waals surface area contributed by atoms with Crippen LogP contribution in [0.5, 0.6) is 0 Å². The summed E-state index contributed by atoms with van der Waals surface area (Å²) in [6.07, 6.45) is 5.33. The van der Waals surface area contributed by atoms with Crippen LogP contribution in [0.2, 0.25) is 0 Å². The molecule has 4 rings (SSSR count). The lowest BCUT2D eigenvalue weighted by Crippen LogP contribution is -2.35. The zero-order chi connectivity index (χ0) is 20.1. The zero-order valence-electron chi connectivity index (χ0n) is 16.4. The number of alkyl halides is 3. The van der Waals surface area contributed by atoms with Crippen molar-refractivity contribution < 1.29 is 22.0 Å². The van der Waals surface area contributed by atoms with Gasteiger partial charge in [-0.2, -0.15) is 13.2 Å². The molecule has 2 fully saturated rings. The Hall–Kier alpha value is -1.13. The van der Waals surface area contributed by atoms with Crippen LogP contribution in [-0.2, 0) is 19.0 Å². The maximum Gasteiger partial charge on any atom is 0.422 e. The van der Waals surface area contributed by atoms with E-state index in [0.29, 0.717) is 30.2 Å². The molecule has 0 aliphatic heterocycles. The first kappa shape index (κ1) is 20.2. The van der Waals surface area contributed by atoms with Crippen molar-refractivity contribution in [3.63, 3.8) is 0 Å². The molecule has 0 aromatic heterocycles. The smallest absolute Gasteiger partial charge is 0.206 e. The van der Waals surface area contributed by atoms with E-state index in [1.807, 2.05) is 0 Å². The molecular weight excluding hydrogens is 371 g/mol. The molecule has 0 N–H and O–H groups in total. The van der Waals surface area contributed by atoms with Crippen LogP contribution >= 0.6 is 0 Å². The summed E-state index contributed by atoms with van der Waals surface area (Å²) < 4.78 is 67.4. The van der Waals surface area contributed by atoms with Crippen molar-refractivity contribution in [2.75, 3.05) is 0 Å². The van der Waals surface area contributed by atoms with Gasteiger partial charge in [-0.3, -0.25) is 0 Å². The highest BCUT2D eigenvalue weighted by atomic mass is 19.4. The van der Waals surface area contributed by atoms with Crippen molar-refractivity contribution in [1.82, 2.24) is 0 Å². The van der Waals surface area contributed by atoms with Crippen LogP contribution in [0.1, 0.15) is 75.0 Å². The van der Waals surface area contributed by atoms with Crippen LogP contribution in [0.3, 0.4) is 0 Å². The number of benzene rings is 1. The van der Waals surface area contributed by atoms with Gasteiger partial charge in [0.2, 0.25) is 0 Å². The summed E-state index contributed by atoms with van der Waals surface area (Å²) in [5, 5.41) is 0. The van der Waals surface area contributed by atoms with Gasteiger partial charge < -0.3 is 0 Å². The van der Waals surface area contributed by atoms with E-state index in [-0.39, 0.29) is 12.0 Å². The number of rotatable bonds is 2. The number of hydrogen-bond acceptors (Lipinski definition) is 0. The molecule has 1 aromatic carbocycles. The van der Waals surface area contributed by atoms with Crippen molar-refractivity contribution >= 4 is 0 Å². The molecule has 0 bridgehead atoms. The van der Waals surface area contributed by atoms with E-state index in [1.54, 1.807) is 0 Å². The normalized spacial score (nSPS) is 33.3. The van der Waals surface area contributed by atoms with Gasteiger partial charge in [-0.25, -0.2) is 8.78 Å². The van der Waals surface area contributed by atoms with Gasteiger partial charge in [0.05, 0.1) is 0 Å². The fourth-order valence-electron chi connectivity index (χ4n) is 6.36. The van der Waals surface area contributed by atoms with Gasteiger partial charge in [-0.1, -0.05) is 19.8 Å². The van der Waals surface area contributed by atoms with Crippen molar-refractivity contribution in [1.29, 1.82) is 0 Å². The van der Waals surface area contributed by atoms with E-state index in [4.69, 9.17) is 0 Å². The largest absolute Gasteiger partial charge is 0.422 e. The third kappa shape index (κ3) is 3.70. The molecule has 1 aromatic rings. The van der Waals surface area contributed by atoms with E-state index in [2.05, 4.69) is 6.92 Å². The first-order valence-electron chi connectivity index (χ1n) is 10.8. The minimum Gasteiger partial charge on any atom is -0.206 e. The Kier molecular flexibility index (Phi) is 5.47. The molecule has 3 aliphatic carbocycles. The molecule has 0 spiro atoms. The molecule has 156 valence electrons. The molecule has 5 heteroatoms. The summed E-state index contributed by atoms with van der Waals surface area (Å²) in [7, 11) is 0. The average Bonchev–Trinajstić information content (AvgIpc) is 2.65. The van der Waals surface area contributed by atoms with E-state index >= 15 is 0 Å². The Morgan fingerprint density at radius 3 is 2.21 bits per heavy atom. The van der Waals surface area contributed by atoms with Gasteiger partial charge in [-0.15, -0.1) is 0 Å². The maximum atomic E-state index is 14.4.